The van der Waals surface area contributed by atoms with Gasteiger partial charge in [-0.15, -0.1) is 0 Å². The number of carboxylic acids is 1. The van der Waals surface area contributed by atoms with E-state index < -0.39 is 11.8 Å². The fourth-order valence-corrected chi connectivity index (χ4v) is 2.09. The van der Waals surface area contributed by atoms with Crippen molar-refractivity contribution in [2.75, 3.05) is 0 Å². The molecule has 18 heavy (non-hydrogen) atoms. The lowest BCUT2D eigenvalue weighted by Crippen LogP contribution is -2.01. The molecule has 0 saturated heterocycles. The molecule has 0 bridgehead atoms. The minimum Gasteiger partial charge on any atom is -0.478 e. The molecule has 0 aliphatic rings. The van der Waals surface area contributed by atoms with Crippen molar-refractivity contribution < 1.29 is 14.3 Å². The average Bonchev–Trinajstić information content (AvgIpc) is 2.35. The molecule has 3 rings (SSSR count). The number of nitrogens with zero attached hydrogens (tertiary/aromatic N) is 1. The second kappa shape index (κ2) is 3.77. The van der Waals surface area contributed by atoms with Crippen molar-refractivity contribution in [1.29, 1.82) is 0 Å². The van der Waals surface area contributed by atoms with Crippen LogP contribution in [0.4, 0.5) is 4.39 Å². The SMILES string of the molecule is O=C(O)c1c2ccccc2nc2ccc(F)cc12. The van der Waals surface area contributed by atoms with Crippen molar-refractivity contribution in [2.45, 2.75) is 0 Å². The van der Waals surface area contributed by atoms with E-state index in [2.05, 4.69) is 4.98 Å². The number of pyridine rings is 1. The van der Waals surface area contributed by atoms with Crippen LogP contribution in [0.25, 0.3) is 21.8 Å². The fraction of sp³-hybridized carbons (Fsp3) is 0. The lowest BCUT2D eigenvalue weighted by molar-refractivity contribution is 0.0701. The van der Waals surface area contributed by atoms with Crippen molar-refractivity contribution >= 4 is 27.8 Å². The third kappa shape index (κ3) is 1.50. The first-order valence-electron chi connectivity index (χ1n) is 5.38. The first-order chi connectivity index (χ1) is 8.66. The number of fused-ring (bicyclic) bond motifs is 2. The number of hydrogen-bond donors (Lipinski definition) is 1. The van der Waals surface area contributed by atoms with Gasteiger partial charge in [0, 0.05) is 10.8 Å². The normalized spacial score (nSPS) is 10.9. The van der Waals surface area contributed by atoms with Gasteiger partial charge >= 0.3 is 5.97 Å². The number of halogens is 1. The highest BCUT2D eigenvalue weighted by molar-refractivity contribution is 6.13. The van der Waals surface area contributed by atoms with Crippen molar-refractivity contribution in [3.8, 4) is 0 Å². The first-order valence-corrected chi connectivity index (χ1v) is 5.38. The highest BCUT2D eigenvalue weighted by Crippen LogP contribution is 2.26. The van der Waals surface area contributed by atoms with Gasteiger partial charge in [-0.05, 0) is 24.3 Å². The molecule has 0 unspecified atom stereocenters. The highest BCUT2D eigenvalue weighted by atomic mass is 19.1. The Morgan fingerprint density at radius 3 is 2.56 bits per heavy atom. The Morgan fingerprint density at radius 1 is 1.06 bits per heavy atom. The summed E-state index contributed by atoms with van der Waals surface area (Å²) in [6.07, 6.45) is 0. The molecule has 4 heteroatoms. The maximum Gasteiger partial charge on any atom is 0.337 e. The number of rotatable bonds is 1. The van der Waals surface area contributed by atoms with Gasteiger partial charge in [0.05, 0.1) is 16.6 Å². The molecular formula is C14H8FNO2. The number of carbonyl (C=O) groups is 1. The van der Waals surface area contributed by atoms with E-state index in [0.717, 1.165) is 0 Å². The zero-order valence-electron chi connectivity index (χ0n) is 9.22. The third-order valence-electron chi connectivity index (χ3n) is 2.86. The lowest BCUT2D eigenvalue weighted by Gasteiger charge is -2.07. The second-order valence-corrected chi connectivity index (χ2v) is 3.97. The minimum absolute atomic E-state index is 0.0927. The maximum absolute atomic E-state index is 13.3. The zero-order chi connectivity index (χ0) is 12.7. The molecule has 1 aromatic heterocycles. The van der Waals surface area contributed by atoms with Crippen LogP contribution in [0.3, 0.4) is 0 Å². The zero-order valence-corrected chi connectivity index (χ0v) is 9.22. The summed E-state index contributed by atoms with van der Waals surface area (Å²) in [4.78, 5) is 15.7. The fourth-order valence-electron chi connectivity index (χ4n) is 2.09. The Kier molecular flexibility index (Phi) is 2.23. The predicted molar refractivity (Wildman–Crippen MR) is 66.2 cm³/mol. The van der Waals surface area contributed by atoms with Crippen LogP contribution in [0.1, 0.15) is 10.4 Å². The quantitative estimate of drug-likeness (QED) is 0.665. The molecular weight excluding hydrogens is 233 g/mol. The lowest BCUT2D eigenvalue weighted by atomic mass is 10.0. The molecule has 3 nitrogen and oxygen atoms in total. The van der Waals surface area contributed by atoms with Gasteiger partial charge < -0.3 is 5.11 Å². The number of benzene rings is 2. The third-order valence-corrected chi connectivity index (χ3v) is 2.86. The minimum atomic E-state index is -1.08. The summed E-state index contributed by atoms with van der Waals surface area (Å²) in [6.45, 7) is 0. The van der Waals surface area contributed by atoms with Crippen LogP contribution in [-0.2, 0) is 0 Å². The van der Waals surface area contributed by atoms with Crippen molar-refractivity contribution in [3.63, 3.8) is 0 Å². The van der Waals surface area contributed by atoms with Crippen LogP contribution in [0.5, 0.6) is 0 Å². The number of hydrogen-bond acceptors (Lipinski definition) is 2. The molecule has 3 aromatic rings. The van der Waals surface area contributed by atoms with Gasteiger partial charge in [0.15, 0.2) is 0 Å². The molecule has 0 aliphatic carbocycles. The number of para-hydroxylation sites is 1. The average molecular weight is 241 g/mol. The van der Waals surface area contributed by atoms with Gasteiger partial charge in [-0.1, -0.05) is 18.2 Å². The molecule has 0 spiro atoms. The van der Waals surface area contributed by atoms with Crippen LogP contribution in [0.15, 0.2) is 42.5 Å². The van der Waals surface area contributed by atoms with E-state index in [0.29, 0.717) is 21.8 Å². The summed E-state index contributed by atoms with van der Waals surface area (Å²) in [5.74, 6) is -1.55. The van der Waals surface area contributed by atoms with Crippen molar-refractivity contribution in [2.24, 2.45) is 0 Å². The topological polar surface area (TPSA) is 50.2 Å². The van der Waals surface area contributed by atoms with E-state index in [1.54, 1.807) is 24.3 Å². The van der Waals surface area contributed by atoms with Crippen molar-refractivity contribution in [3.05, 3.63) is 53.8 Å². The Bertz CT molecular complexity index is 783. The molecule has 0 fully saturated rings. The largest absolute Gasteiger partial charge is 0.478 e. The van der Waals surface area contributed by atoms with Crippen LogP contribution in [0.2, 0.25) is 0 Å². The maximum atomic E-state index is 13.3. The van der Waals surface area contributed by atoms with E-state index in [9.17, 15) is 14.3 Å². The Labute approximate surface area is 102 Å². The standard InChI is InChI=1S/C14H8FNO2/c15-8-5-6-12-10(7-8)13(14(17)18)9-3-1-2-4-11(9)16-12/h1-7H,(H,17,18). The van der Waals surface area contributed by atoms with E-state index in [1.165, 1.54) is 18.2 Å². The van der Waals surface area contributed by atoms with E-state index in [-0.39, 0.29) is 5.56 Å². The smallest absolute Gasteiger partial charge is 0.337 e. The number of carboxylic acid groups (broad SMARTS) is 1. The second-order valence-electron chi connectivity index (χ2n) is 3.97. The first kappa shape index (κ1) is 10.7. The highest BCUT2D eigenvalue weighted by Gasteiger charge is 2.15. The summed E-state index contributed by atoms with van der Waals surface area (Å²) in [7, 11) is 0. The van der Waals surface area contributed by atoms with Crippen LogP contribution >= 0.6 is 0 Å². The Morgan fingerprint density at radius 2 is 1.78 bits per heavy atom. The molecule has 2 aromatic carbocycles. The van der Waals surface area contributed by atoms with Gasteiger partial charge in [0.1, 0.15) is 5.82 Å². The molecule has 1 N–H and O–H groups in total. The summed E-state index contributed by atoms with van der Waals surface area (Å²) in [6, 6.07) is 10.9. The van der Waals surface area contributed by atoms with Gasteiger partial charge in [0.2, 0.25) is 0 Å². The number of aromatic nitrogens is 1. The molecule has 0 radical (unpaired) electrons. The molecule has 88 valence electrons. The molecule has 0 aliphatic heterocycles. The van der Waals surface area contributed by atoms with Gasteiger partial charge in [0.25, 0.3) is 0 Å². The number of aromatic carboxylic acids is 1. The monoisotopic (exact) mass is 241 g/mol. The molecule has 0 amide bonds. The molecule has 0 saturated carbocycles. The molecule has 1 heterocycles. The molecule has 0 atom stereocenters. The Balaban J connectivity index is 2.59. The predicted octanol–water partition coefficient (Wildman–Crippen LogP) is 3.23. The van der Waals surface area contributed by atoms with Gasteiger partial charge in [-0.2, -0.15) is 0 Å². The summed E-state index contributed by atoms with van der Waals surface area (Å²) in [5.41, 5.74) is 1.16. The van der Waals surface area contributed by atoms with Crippen LogP contribution in [-0.4, -0.2) is 16.1 Å². The summed E-state index contributed by atoms with van der Waals surface area (Å²) < 4.78 is 13.3. The van der Waals surface area contributed by atoms with E-state index >= 15 is 0 Å². The van der Waals surface area contributed by atoms with Crippen LogP contribution < -0.4 is 0 Å². The van der Waals surface area contributed by atoms with Gasteiger partial charge in [-0.25, -0.2) is 14.2 Å². The summed E-state index contributed by atoms with van der Waals surface area (Å²) in [5, 5.41) is 10.2. The van der Waals surface area contributed by atoms with E-state index in [1.807, 2.05) is 0 Å². The van der Waals surface area contributed by atoms with E-state index in [4.69, 9.17) is 0 Å². The Hall–Kier alpha value is -2.49. The van der Waals surface area contributed by atoms with Gasteiger partial charge in [-0.3, -0.25) is 0 Å². The van der Waals surface area contributed by atoms with Crippen LogP contribution in [0, 0.1) is 5.82 Å². The van der Waals surface area contributed by atoms with Crippen molar-refractivity contribution in [1.82, 2.24) is 4.98 Å². The summed E-state index contributed by atoms with van der Waals surface area (Å²) >= 11 is 0.